The van der Waals surface area contributed by atoms with E-state index in [1.165, 1.54) is 57.8 Å². The van der Waals surface area contributed by atoms with Crippen LogP contribution in [0.15, 0.2) is 53.6 Å². The van der Waals surface area contributed by atoms with Gasteiger partial charge in [0.15, 0.2) is 0 Å². The molecule has 1 nitrogen and oxygen atoms in total. The molecule has 7 atom stereocenters. The van der Waals surface area contributed by atoms with E-state index in [0.29, 0.717) is 16.9 Å². The molecule has 0 saturated heterocycles. The first-order valence-corrected chi connectivity index (χ1v) is 13.5. The zero-order valence-electron chi connectivity index (χ0n) is 20.9. The van der Waals surface area contributed by atoms with Crippen LogP contribution in [0.2, 0.25) is 0 Å². The highest BCUT2D eigenvalue weighted by Gasteiger charge is 2.58. The SMILES string of the molecule is CCC/C=C(/C)[C@H]1CC[C@H]2[C@@H]3CC=C4CC(Oc5ccccc5)CC[C@]4(C)[C@H]3CC[C@]12C. The van der Waals surface area contributed by atoms with E-state index >= 15 is 0 Å². The van der Waals surface area contributed by atoms with Crippen LogP contribution < -0.4 is 4.74 Å². The Balaban J connectivity index is 1.33. The molecule has 1 aromatic carbocycles. The number of hydrogen-bond donors (Lipinski definition) is 0. The van der Waals surface area contributed by atoms with Crippen molar-refractivity contribution in [1.82, 2.24) is 0 Å². The van der Waals surface area contributed by atoms with E-state index in [1.807, 2.05) is 0 Å². The molecule has 4 aliphatic rings. The Kier molecular flexibility index (Phi) is 6.06. The van der Waals surface area contributed by atoms with Crippen LogP contribution >= 0.6 is 0 Å². The fourth-order valence-electron chi connectivity index (χ4n) is 8.68. The lowest BCUT2D eigenvalue weighted by atomic mass is 9.47. The number of fused-ring (bicyclic) bond motifs is 5. The van der Waals surface area contributed by atoms with Crippen LogP contribution in [0.1, 0.15) is 91.9 Å². The Bertz CT molecular complexity index is 866. The lowest BCUT2D eigenvalue weighted by Crippen LogP contribution is -2.50. The Morgan fingerprint density at radius 2 is 1.84 bits per heavy atom. The maximum Gasteiger partial charge on any atom is 0.119 e. The third-order valence-corrected chi connectivity index (χ3v) is 10.4. The van der Waals surface area contributed by atoms with Crippen LogP contribution in [0.3, 0.4) is 0 Å². The van der Waals surface area contributed by atoms with E-state index in [4.69, 9.17) is 4.74 Å². The number of rotatable bonds is 5. The predicted octanol–water partition coefficient (Wildman–Crippen LogP) is 8.76. The highest BCUT2D eigenvalue weighted by atomic mass is 16.5. The van der Waals surface area contributed by atoms with Crippen molar-refractivity contribution in [2.75, 3.05) is 0 Å². The molecule has 5 rings (SSSR count). The third kappa shape index (κ3) is 3.68. The number of hydrogen-bond acceptors (Lipinski definition) is 1. The Morgan fingerprint density at radius 1 is 1.03 bits per heavy atom. The molecule has 0 bridgehead atoms. The van der Waals surface area contributed by atoms with Crippen molar-refractivity contribution >= 4 is 0 Å². The third-order valence-electron chi connectivity index (χ3n) is 10.4. The molecule has 3 fully saturated rings. The molecule has 1 aromatic rings. The summed E-state index contributed by atoms with van der Waals surface area (Å²) in [6.07, 6.45) is 18.9. The minimum absolute atomic E-state index is 0.351. The Hall–Kier alpha value is -1.50. The molecular weight excluding hydrogens is 388 g/mol. The van der Waals surface area contributed by atoms with Crippen LogP contribution in [0.5, 0.6) is 5.75 Å². The molecule has 4 aliphatic carbocycles. The van der Waals surface area contributed by atoms with Gasteiger partial charge in [-0.1, -0.05) is 68.7 Å². The number of para-hydroxylation sites is 1. The van der Waals surface area contributed by atoms with Gasteiger partial charge in [-0.2, -0.15) is 0 Å². The quantitative estimate of drug-likeness (QED) is 0.422. The average molecular weight is 433 g/mol. The molecule has 0 N–H and O–H groups in total. The van der Waals surface area contributed by atoms with Crippen LogP contribution in [0.25, 0.3) is 0 Å². The zero-order valence-corrected chi connectivity index (χ0v) is 20.9. The van der Waals surface area contributed by atoms with Gasteiger partial charge in [0, 0.05) is 6.42 Å². The summed E-state index contributed by atoms with van der Waals surface area (Å²) in [5, 5.41) is 0. The lowest BCUT2D eigenvalue weighted by molar-refractivity contribution is -0.0436. The van der Waals surface area contributed by atoms with E-state index in [9.17, 15) is 0 Å². The van der Waals surface area contributed by atoms with Crippen molar-refractivity contribution in [2.24, 2.45) is 34.5 Å². The van der Waals surface area contributed by atoms with Crippen molar-refractivity contribution in [2.45, 2.75) is 98.0 Å². The summed E-state index contributed by atoms with van der Waals surface area (Å²) in [6.45, 7) is 10.0. The van der Waals surface area contributed by atoms with E-state index in [1.54, 1.807) is 11.1 Å². The van der Waals surface area contributed by atoms with Crippen LogP contribution in [0, 0.1) is 34.5 Å². The molecule has 1 unspecified atom stereocenters. The number of unbranched alkanes of at least 4 members (excludes halogenated alkanes) is 1. The summed E-state index contributed by atoms with van der Waals surface area (Å²) in [5.74, 6) is 4.57. The van der Waals surface area contributed by atoms with Crippen molar-refractivity contribution in [3.05, 3.63) is 53.6 Å². The van der Waals surface area contributed by atoms with Gasteiger partial charge in [0.1, 0.15) is 11.9 Å². The van der Waals surface area contributed by atoms with E-state index in [-0.39, 0.29) is 0 Å². The summed E-state index contributed by atoms with van der Waals surface area (Å²) in [5.41, 5.74) is 4.37. The first kappa shape index (κ1) is 22.3. The maximum atomic E-state index is 6.40. The van der Waals surface area contributed by atoms with Crippen LogP contribution in [-0.2, 0) is 0 Å². The molecule has 3 saturated carbocycles. The maximum absolute atomic E-state index is 6.40. The molecular formula is C31H44O. The minimum Gasteiger partial charge on any atom is -0.490 e. The Labute approximate surface area is 196 Å². The van der Waals surface area contributed by atoms with Gasteiger partial charge in [-0.05, 0) is 105 Å². The zero-order chi connectivity index (χ0) is 22.3. The monoisotopic (exact) mass is 432 g/mol. The highest BCUT2D eigenvalue weighted by Crippen LogP contribution is 2.67. The first-order valence-electron chi connectivity index (χ1n) is 13.5. The lowest BCUT2D eigenvalue weighted by Gasteiger charge is -2.58. The Morgan fingerprint density at radius 3 is 2.62 bits per heavy atom. The van der Waals surface area contributed by atoms with Crippen LogP contribution in [0.4, 0.5) is 0 Å². The van der Waals surface area contributed by atoms with Gasteiger partial charge in [-0.25, -0.2) is 0 Å². The summed E-state index contributed by atoms with van der Waals surface area (Å²) in [4.78, 5) is 0. The number of benzene rings is 1. The molecule has 0 spiro atoms. The summed E-state index contributed by atoms with van der Waals surface area (Å²) < 4.78 is 6.40. The summed E-state index contributed by atoms with van der Waals surface area (Å²) in [7, 11) is 0. The van der Waals surface area contributed by atoms with Crippen molar-refractivity contribution < 1.29 is 4.74 Å². The molecule has 174 valence electrons. The fourth-order valence-corrected chi connectivity index (χ4v) is 8.68. The van der Waals surface area contributed by atoms with Gasteiger partial charge < -0.3 is 4.74 Å². The standard InChI is InChI=1S/C31H44O/c1-5-6-10-22(2)27-15-16-28-26-14-13-23-21-25(32-24-11-8-7-9-12-24)17-19-30(23,3)29(26)18-20-31(27,28)4/h7-13,25-29H,5-6,14-21H2,1-4H3/b22-10-/t25?,26-,27+,28-,29-,30-,31+/m0/s1. The molecule has 32 heavy (non-hydrogen) atoms. The molecule has 0 heterocycles. The summed E-state index contributed by atoms with van der Waals surface area (Å²) >= 11 is 0. The van der Waals surface area contributed by atoms with Gasteiger partial charge >= 0.3 is 0 Å². The first-order chi connectivity index (χ1) is 15.5. The molecule has 0 amide bonds. The second-order valence-electron chi connectivity index (χ2n) is 12.0. The fraction of sp³-hybridized carbons (Fsp3) is 0.677. The highest BCUT2D eigenvalue weighted by molar-refractivity contribution is 5.28. The van der Waals surface area contributed by atoms with E-state index < -0.39 is 0 Å². The van der Waals surface area contributed by atoms with Crippen LogP contribution in [-0.4, -0.2) is 6.10 Å². The van der Waals surface area contributed by atoms with Gasteiger partial charge in [-0.15, -0.1) is 0 Å². The number of allylic oxidation sites excluding steroid dienone is 3. The van der Waals surface area contributed by atoms with Crippen molar-refractivity contribution in [1.29, 1.82) is 0 Å². The van der Waals surface area contributed by atoms with Crippen molar-refractivity contribution in [3.63, 3.8) is 0 Å². The average Bonchev–Trinajstić information content (AvgIpc) is 3.16. The molecule has 0 radical (unpaired) electrons. The molecule has 0 aliphatic heterocycles. The molecule has 0 aromatic heterocycles. The van der Waals surface area contributed by atoms with Gasteiger partial charge in [0.05, 0.1) is 0 Å². The van der Waals surface area contributed by atoms with E-state index in [2.05, 4.69) is 70.2 Å². The molecule has 1 heteroatoms. The van der Waals surface area contributed by atoms with Gasteiger partial charge in [0.25, 0.3) is 0 Å². The van der Waals surface area contributed by atoms with Gasteiger partial charge in [0.2, 0.25) is 0 Å². The minimum atomic E-state index is 0.351. The second-order valence-corrected chi connectivity index (χ2v) is 12.0. The number of ether oxygens (including phenoxy) is 1. The van der Waals surface area contributed by atoms with E-state index in [0.717, 1.165) is 35.8 Å². The second kappa shape index (κ2) is 8.69. The van der Waals surface area contributed by atoms with Crippen molar-refractivity contribution in [3.8, 4) is 5.75 Å². The normalized spacial score (nSPS) is 41.3. The summed E-state index contributed by atoms with van der Waals surface area (Å²) in [6, 6.07) is 10.4. The predicted molar refractivity (Wildman–Crippen MR) is 135 cm³/mol. The topological polar surface area (TPSA) is 9.23 Å². The largest absolute Gasteiger partial charge is 0.490 e. The smallest absolute Gasteiger partial charge is 0.119 e. The van der Waals surface area contributed by atoms with Gasteiger partial charge in [-0.3, -0.25) is 0 Å².